The number of hydrogen-bond acceptors (Lipinski definition) is 1. The quantitative estimate of drug-likeness (QED) is 0.659. The van der Waals surface area contributed by atoms with Crippen molar-refractivity contribution in [3.63, 3.8) is 0 Å². The van der Waals surface area contributed by atoms with E-state index in [0.717, 1.165) is 37.8 Å². The van der Waals surface area contributed by atoms with Gasteiger partial charge in [0.15, 0.2) is 0 Å². The highest BCUT2D eigenvalue weighted by atomic mass is 79.9. The van der Waals surface area contributed by atoms with Crippen molar-refractivity contribution < 1.29 is 9.90 Å². The summed E-state index contributed by atoms with van der Waals surface area (Å²) in [5.41, 5.74) is 4.39. The molecule has 3 nitrogen and oxygen atoms in total. The number of carbonyl (C=O) groups is 1. The van der Waals surface area contributed by atoms with Crippen LogP contribution in [-0.2, 0) is 11.2 Å². The molecule has 0 spiro atoms. The molecule has 2 aromatic carbocycles. The first-order chi connectivity index (χ1) is 10.5. The summed E-state index contributed by atoms with van der Waals surface area (Å²) in [5, 5.41) is 10.6. The van der Waals surface area contributed by atoms with Gasteiger partial charge in [-0.2, -0.15) is 0 Å². The molecule has 0 unspecified atom stereocenters. The summed E-state index contributed by atoms with van der Waals surface area (Å²) in [7, 11) is 0. The Morgan fingerprint density at radius 3 is 2.55 bits per heavy atom. The molecule has 0 atom stereocenters. The Hall–Kier alpha value is -1.78. The molecule has 0 aliphatic heterocycles. The van der Waals surface area contributed by atoms with Crippen LogP contribution in [0.3, 0.4) is 0 Å². The predicted molar refractivity (Wildman–Crippen MR) is 92.5 cm³/mol. The van der Waals surface area contributed by atoms with Crippen molar-refractivity contribution in [2.75, 3.05) is 0 Å². The Balaban J connectivity index is 2.33. The summed E-state index contributed by atoms with van der Waals surface area (Å²) in [5.74, 6) is -0.878. The predicted octanol–water partition coefficient (Wildman–Crippen LogP) is 5.19. The fourth-order valence-corrected chi connectivity index (χ4v) is 3.19. The second-order valence-corrected chi connectivity index (χ2v) is 6.49. The third kappa shape index (κ3) is 2.64. The van der Waals surface area contributed by atoms with Gasteiger partial charge >= 0.3 is 5.97 Å². The number of aryl methyl sites for hydroxylation is 1. The highest BCUT2D eigenvalue weighted by Gasteiger charge is 2.19. The number of halogens is 2. The molecule has 112 valence electrons. The Bertz CT molecular complexity index is 868. The van der Waals surface area contributed by atoms with E-state index in [1.54, 1.807) is 0 Å². The van der Waals surface area contributed by atoms with Crippen LogP contribution in [0.25, 0.3) is 22.2 Å². The zero-order valence-corrected chi connectivity index (χ0v) is 14.1. The summed E-state index contributed by atoms with van der Waals surface area (Å²) in [6.07, 6.45) is -0.0748. The summed E-state index contributed by atoms with van der Waals surface area (Å²) in [6, 6.07) is 11.5. The Morgan fingerprint density at radius 1 is 1.23 bits per heavy atom. The molecule has 0 aliphatic carbocycles. The fraction of sp³-hybridized carbons (Fsp3) is 0.118. The van der Waals surface area contributed by atoms with Crippen molar-refractivity contribution in [2.24, 2.45) is 0 Å². The van der Waals surface area contributed by atoms with Gasteiger partial charge < -0.3 is 10.1 Å². The van der Waals surface area contributed by atoms with E-state index in [4.69, 9.17) is 11.6 Å². The van der Waals surface area contributed by atoms with Crippen molar-refractivity contribution in [3.8, 4) is 11.3 Å². The molecule has 0 saturated carbocycles. The number of hydrogen-bond donors (Lipinski definition) is 2. The van der Waals surface area contributed by atoms with Crippen molar-refractivity contribution in [2.45, 2.75) is 13.3 Å². The topological polar surface area (TPSA) is 53.1 Å². The maximum atomic E-state index is 11.3. The van der Waals surface area contributed by atoms with Crippen molar-refractivity contribution in [1.82, 2.24) is 4.98 Å². The van der Waals surface area contributed by atoms with Crippen molar-refractivity contribution in [1.29, 1.82) is 0 Å². The number of aliphatic carboxylic acids is 1. The van der Waals surface area contributed by atoms with E-state index in [9.17, 15) is 9.90 Å². The van der Waals surface area contributed by atoms with Gasteiger partial charge in [-0.1, -0.05) is 45.7 Å². The van der Waals surface area contributed by atoms with Crippen LogP contribution >= 0.6 is 27.5 Å². The number of rotatable bonds is 3. The number of fused-ring (bicyclic) bond motifs is 1. The largest absolute Gasteiger partial charge is 0.481 e. The summed E-state index contributed by atoms with van der Waals surface area (Å²) in [6.45, 7) is 1.98. The summed E-state index contributed by atoms with van der Waals surface area (Å²) >= 11 is 9.73. The molecule has 0 aliphatic rings. The SMILES string of the molecule is Cc1ccc(Cl)c2c(CC(=O)O)c(-c3ccc(Br)cc3)[nH]c12. The molecule has 3 aromatic rings. The highest BCUT2D eigenvalue weighted by molar-refractivity contribution is 9.10. The van der Waals surface area contributed by atoms with Crippen LogP contribution in [0.5, 0.6) is 0 Å². The van der Waals surface area contributed by atoms with E-state index in [-0.39, 0.29) is 6.42 Å². The first-order valence-corrected chi connectivity index (χ1v) is 7.92. The van der Waals surface area contributed by atoms with Gasteiger partial charge in [-0.3, -0.25) is 4.79 Å². The molecule has 3 rings (SSSR count). The summed E-state index contributed by atoms with van der Waals surface area (Å²) < 4.78 is 0.973. The molecule has 1 heterocycles. The fourth-order valence-electron chi connectivity index (χ4n) is 2.65. The average Bonchev–Trinajstić information content (AvgIpc) is 2.84. The van der Waals surface area contributed by atoms with Gasteiger partial charge in [0.1, 0.15) is 0 Å². The van der Waals surface area contributed by atoms with Gasteiger partial charge in [-0.15, -0.1) is 0 Å². The average molecular weight is 379 g/mol. The number of nitrogens with one attached hydrogen (secondary N) is 1. The molecule has 5 heteroatoms. The minimum atomic E-state index is -0.878. The number of H-pyrrole nitrogens is 1. The van der Waals surface area contributed by atoms with Gasteiger partial charge in [0.2, 0.25) is 0 Å². The number of carboxylic acid groups (broad SMARTS) is 1. The lowest BCUT2D eigenvalue weighted by Gasteiger charge is -2.04. The monoisotopic (exact) mass is 377 g/mol. The van der Waals surface area contributed by atoms with Gasteiger partial charge in [-0.05, 0) is 41.8 Å². The molecule has 1 aromatic heterocycles. The molecule has 0 radical (unpaired) electrons. The standard InChI is InChI=1S/C17H13BrClNO2/c1-9-2-7-13(19)15-12(8-14(21)22)17(20-16(9)15)10-3-5-11(18)6-4-10/h2-7,20H,8H2,1H3,(H,21,22). The van der Waals surface area contributed by atoms with Crippen LogP contribution in [0.1, 0.15) is 11.1 Å². The Morgan fingerprint density at radius 2 is 1.91 bits per heavy atom. The van der Waals surface area contributed by atoms with Crippen LogP contribution < -0.4 is 0 Å². The van der Waals surface area contributed by atoms with Crippen LogP contribution in [0.4, 0.5) is 0 Å². The molecule has 2 N–H and O–H groups in total. The van der Waals surface area contributed by atoms with Gasteiger partial charge in [0, 0.05) is 9.86 Å². The highest BCUT2D eigenvalue weighted by Crippen LogP contribution is 2.36. The maximum Gasteiger partial charge on any atom is 0.307 e. The minimum Gasteiger partial charge on any atom is -0.481 e. The lowest BCUT2D eigenvalue weighted by atomic mass is 10.0. The van der Waals surface area contributed by atoms with Gasteiger partial charge in [-0.25, -0.2) is 0 Å². The molecular weight excluding hydrogens is 366 g/mol. The molecule has 22 heavy (non-hydrogen) atoms. The van der Waals surface area contributed by atoms with Gasteiger partial charge in [0.05, 0.1) is 22.7 Å². The van der Waals surface area contributed by atoms with Crippen molar-refractivity contribution in [3.05, 3.63) is 57.0 Å². The van der Waals surface area contributed by atoms with E-state index in [1.807, 2.05) is 43.3 Å². The van der Waals surface area contributed by atoms with E-state index >= 15 is 0 Å². The zero-order chi connectivity index (χ0) is 15.9. The third-order valence-electron chi connectivity index (χ3n) is 3.68. The second kappa shape index (κ2) is 5.78. The maximum absolute atomic E-state index is 11.3. The lowest BCUT2D eigenvalue weighted by Crippen LogP contribution is -2.01. The van der Waals surface area contributed by atoms with Crippen LogP contribution in [0, 0.1) is 6.92 Å². The number of benzene rings is 2. The first kappa shape index (κ1) is 15.1. The van der Waals surface area contributed by atoms with Crippen molar-refractivity contribution >= 4 is 44.4 Å². The lowest BCUT2D eigenvalue weighted by molar-refractivity contribution is -0.136. The van der Waals surface area contributed by atoms with E-state index in [2.05, 4.69) is 20.9 Å². The minimum absolute atomic E-state index is 0.0748. The molecule has 0 bridgehead atoms. The second-order valence-electron chi connectivity index (χ2n) is 5.17. The van der Waals surface area contributed by atoms with Crippen LogP contribution in [0.15, 0.2) is 40.9 Å². The molecular formula is C17H13BrClNO2. The van der Waals surface area contributed by atoms with Crippen LogP contribution in [0.2, 0.25) is 5.02 Å². The number of aromatic amines is 1. The molecule has 0 fully saturated rings. The molecule has 0 saturated heterocycles. The van der Waals surface area contributed by atoms with Crippen LogP contribution in [-0.4, -0.2) is 16.1 Å². The Kier molecular flexibility index (Phi) is 3.98. The smallest absolute Gasteiger partial charge is 0.307 e. The van der Waals surface area contributed by atoms with Gasteiger partial charge in [0.25, 0.3) is 0 Å². The zero-order valence-electron chi connectivity index (χ0n) is 11.8. The Labute approximate surface area is 141 Å². The normalized spacial score (nSPS) is 11.0. The number of carboxylic acids is 1. The molecule has 0 amide bonds. The first-order valence-electron chi connectivity index (χ1n) is 6.74. The number of aromatic nitrogens is 1. The van der Waals surface area contributed by atoms with E-state index < -0.39 is 5.97 Å². The van der Waals surface area contributed by atoms with E-state index in [0.29, 0.717) is 5.02 Å². The van der Waals surface area contributed by atoms with E-state index in [1.165, 1.54) is 0 Å². The summed E-state index contributed by atoms with van der Waals surface area (Å²) in [4.78, 5) is 14.6. The third-order valence-corrected chi connectivity index (χ3v) is 4.52.